The predicted molar refractivity (Wildman–Crippen MR) is 98.7 cm³/mol. The van der Waals surface area contributed by atoms with Gasteiger partial charge in [0.05, 0.1) is 23.9 Å². The first-order chi connectivity index (χ1) is 9.76. The third kappa shape index (κ3) is 5.37. The zero-order valence-corrected chi connectivity index (χ0v) is 16.1. The number of hydrogen-bond acceptors (Lipinski definition) is 4. The van der Waals surface area contributed by atoms with Crippen molar-refractivity contribution in [3.63, 3.8) is 0 Å². The second kappa shape index (κ2) is 9.58. The highest BCUT2D eigenvalue weighted by molar-refractivity contribution is 14.0. The lowest BCUT2D eigenvalue weighted by Gasteiger charge is -2.21. The van der Waals surface area contributed by atoms with Crippen molar-refractivity contribution in [2.75, 3.05) is 33.9 Å². The molecule has 1 saturated heterocycles. The van der Waals surface area contributed by atoms with Crippen LogP contribution in [0.5, 0.6) is 0 Å². The minimum absolute atomic E-state index is 0. The van der Waals surface area contributed by atoms with Crippen molar-refractivity contribution in [2.45, 2.75) is 26.3 Å². The summed E-state index contributed by atoms with van der Waals surface area (Å²) in [7, 11) is 3.60. The summed E-state index contributed by atoms with van der Waals surface area (Å²) in [5, 5.41) is 6.72. The standard InChI is InChI=1S/C14H24N4OS.HI/c1-4-13-17-12(10-20-13)7-16-14(15-2)18-6-5-11(8-18)9-19-3;/h10-11H,4-9H2,1-3H3,(H,15,16);1H. The van der Waals surface area contributed by atoms with Crippen LogP contribution in [0.4, 0.5) is 0 Å². The Morgan fingerprint density at radius 3 is 3.05 bits per heavy atom. The monoisotopic (exact) mass is 424 g/mol. The maximum absolute atomic E-state index is 5.24. The fourth-order valence-electron chi connectivity index (χ4n) is 2.49. The fourth-order valence-corrected chi connectivity index (χ4v) is 3.24. The maximum Gasteiger partial charge on any atom is 0.193 e. The molecule has 1 atom stereocenters. The molecule has 1 fully saturated rings. The highest BCUT2D eigenvalue weighted by atomic mass is 127. The molecule has 0 saturated carbocycles. The lowest BCUT2D eigenvalue weighted by atomic mass is 10.1. The molecule has 1 aromatic rings. The van der Waals surface area contributed by atoms with E-state index in [4.69, 9.17) is 4.74 Å². The second-order valence-corrected chi connectivity index (χ2v) is 5.99. The van der Waals surface area contributed by atoms with Gasteiger partial charge in [0.15, 0.2) is 5.96 Å². The van der Waals surface area contributed by atoms with Gasteiger partial charge in [-0.15, -0.1) is 35.3 Å². The Labute approximate surface area is 148 Å². The van der Waals surface area contributed by atoms with E-state index >= 15 is 0 Å². The Morgan fingerprint density at radius 1 is 1.62 bits per heavy atom. The molecule has 120 valence electrons. The smallest absolute Gasteiger partial charge is 0.193 e. The van der Waals surface area contributed by atoms with Crippen LogP contribution in [0.2, 0.25) is 0 Å². The zero-order valence-electron chi connectivity index (χ0n) is 13.0. The number of ether oxygens (including phenoxy) is 1. The second-order valence-electron chi connectivity index (χ2n) is 5.04. The summed E-state index contributed by atoms with van der Waals surface area (Å²) >= 11 is 1.73. The van der Waals surface area contributed by atoms with Gasteiger partial charge < -0.3 is 15.0 Å². The van der Waals surface area contributed by atoms with Crippen LogP contribution in [0.3, 0.4) is 0 Å². The largest absolute Gasteiger partial charge is 0.384 e. The minimum Gasteiger partial charge on any atom is -0.384 e. The van der Waals surface area contributed by atoms with Gasteiger partial charge in [0.25, 0.3) is 0 Å². The molecule has 0 spiro atoms. The molecule has 0 aliphatic carbocycles. The van der Waals surface area contributed by atoms with Crippen LogP contribution < -0.4 is 5.32 Å². The summed E-state index contributed by atoms with van der Waals surface area (Å²) in [5.41, 5.74) is 1.10. The van der Waals surface area contributed by atoms with Gasteiger partial charge in [-0.1, -0.05) is 6.92 Å². The molecule has 1 aliphatic heterocycles. The number of hydrogen-bond donors (Lipinski definition) is 1. The molecule has 0 radical (unpaired) electrons. The number of nitrogens with zero attached hydrogens (tertiary/aromatic N) is 3. The Morgan fingerprint density at radius 2 is 2.43 bits per heavy atom. The van der Waals surface area contributed by atoms with Crippen molar-refractivity contribution in [2.24, 2.45) is 10.9 Å². The van der Waals surface area contributed by atoms with Crippen LogP contribution in [0.1, 0.15) is 24.0 Å². The zero-order chi connectivity index (χ0) is 14.4. The van der Waals surface area contributed by atoms with E-state index in [0.29, 0.717) is 5.92 Å². The van der Waals surface area contributed by atoms with E-state index in [1.807, 2.05) is 7.05 Å². The molecule has 2 heterocycles. The number of aryl methyl sites for hydroxylation is 1. The SMILES string of the molecule is CCc1nc(CNC(=NC)N2CCC(COC)C2)cs1.I. The molecule has 1 aliphatic rings. The van der Waals surface area contributed by atoms with Crippen LogP contribution in [0.15, 0.2) is 10.4 Å². The van der Waals surface area contributed by atoms with E-state index in [9.17, 15) is 0 Å². The molecule has 0 amide bonds. The summed E-state index contributed by atoms with van der Waals surface area (Å²) in [4.78, 5) is 11.2. The van der Waals surface area contributed by atoms with E-state index < -0.39 is 0 Å². The van der Waals surface area contributed by atoms with Crippen molar-refractivity contribution < 1.29 is 4.74 Å². The quantitative estimate of drug-likeness (QED) is 0.448. The number of guanidine groups is 1. The average molecular weight is 424 g/mol. The number of methoxy groups -OCH3 is 1. The summed E-state index contributed by atoms with van der Waals surface area (Å²) in [5.74, 6) is 1.58. The number of likely N-dealkylation sites (tertiary alicyclic amines) is 1. The van der Waals surface area contributed by atoms with Crippen molar-refractivity contribution in [3.05, 3.63) is 16.1 Å². The van der Waals surface area contributed by atoms with Crippen LogP contribution in [0.25, 0.3) is 0 Å². The van der Waals surface area contributed by atoms with E-state index in [2.05, 4.69) is 32.5 Å². The predicted octanol–water partition coefficient (Wildman–Crippen LogP) is 2.37. The first-order valence-electron chi connectivity index (χ1n) is 7.14. The molecule has 7 heteroatoms. The molecule has 0 bridgehead atoms. The van der Waals surface area contributed by atoms with Crippen molar-refractivity contribution in [1.82, 2.24) is 15.2 Å². The molecule has 2 rings (SSSR count). The van der Waals surface area contributed by atoms with Crippen LogP contribution in [-0.2, 0) is 17.7 Å². The first kappa shape index (κ1) is 18.6. The number of aliphatic imine (C=N–C) groups is 1. The van der Waals surface area contributed by atoms with E-state index in [1.54, 1.807) is 18.4 Å². The number of aromatic nitrogens is 1. The van der Waals surface area contributed by atoms with E-state index in [0.717, 1.165) is 44.3 Å². The minimum atomic E-state index is 0. The summed E-state index contributed by atoms with van der Waals surface area (Å²) < 4.78 is 5.24. The van der Waals surface area contributed by atoms with Crippen molar-refractivity contribution >= 4 is 41.3 Å². The molecule has 5 nitrogen and oxygen atoms in total. The van der Waals surface area contributed by atoms with Crippen LogP contribution in [-0.4, -0.2) is 49.7 Å². The molecule has 1 unspecified atom stereocenters. The van der Waals surface area contributed by atoms with Crippen LogP contribution in [0, 0.1) is 5.92 Å². The van der Waals surface area contributed by atoms with Crippen molar-refractivity contribution in [1.29, 1.82) is 0 Å². The maximum atomic E-state index is 5.24. The topological polar surface area (TPSA) is 49.8 Å². The summed E-state index contributed by atoms with van der Waals surface area (Å²) in [6.07, 6.45) is 2.18. The van der Waals surface area contributed by atoms with Gasteiger partial charge in [0, 0.05) is 38.5 Å². The lowest BCUT2D eigenvalue weighted by molar-refractivity contribution is 0.157. The number of rotatable bonds is 5. The Balaban J connectivity index is 0.00000220. The Bertz CT molecular complexity index is 452. The number of halogens is 1. The third-order valence-corrected chi connectivity index (χ3v) is 4.57. The normalized spacial score (nSPS) is 18.7. The summed E-state index contributed by atoms with van der Waals surface area (Å²) in [6, 6.07) is 0. The van der Waals surface area contributed by atoms with Gasteiger partial charge in [0.1, 0.15) is 0 Å². The van der Waals surface area contributed by atoms with Crippen molar-refractivity contribution in [3.8, 4) is 0 Å². The van der Waals surface area contributed by atoms with E-state index in [-0.39, 0.29) is 24.0 Å². The highest BCUT2D eigenvalue weighted by Crippen LogP contribution is 2.16. The molecular weight excluding hydrogens is 399 g/mol. The molecule has 1 aromatic heterocycles. The Hall–Kier alpha value is -0.410. The van der Waals surface area contributed by atoms with Gasteiger partial charge in [-0.05, 0) is 12.8 Å². The first-order valence-corrected chi connectivity index (χ1v) is 8.02. The summed E-state index contributed by atoms with van der Waals surface area (Å²) in [6.45, 7) is 5.78. The number of nitrogens with one attached hydrogen (secondary N) is 1. The van der Waals surface area contributed by atoms with E-state index in [1.165, 1.54) is 11.4 Å². The molecular formula is C14H25IN4OS. The fraction of sp³-hybridized carbons (Fsp3) is 0.714. The van der Waals surface area contributed by atoms with Gasteiger partial charge in [0.2, 0.25) is 0 Å². The Kier molecular flexibility index (Phi) is 8.50. The van der Waals surface area contributed by atoms with Gasteiger partial charge in [-0.3, -0.25) is 4.99 Å². The van der Waals surface area contributed by atoms with Gasteiger partial charge in [-0.2, -0.15) is 0 Å². The average Bonchev–Trinajstić information content (AvgIpc) is 3.09. The van der Waals surface area contributed by atoms with Gasteiger partial charge in [-0.25, -0.2) is 4.98 Å². The highest BCUT2D eigenvalue weighted by Gasteiger charge is 2.24. The van der Waals surface area contributed by atoms with Gasteiger partial charge >= 0.3 is 0 Å². The molecule has 1 N–H and O–H groups in total. The third-order valence-electron chi connectivity index (χ3n) is 3.53. The number of thiazole rings is 1. The van der Waals surface area contributed by atoms with Crippen LogP contribution >= 0.6 is 35.3 Å². The molecule has 0 aromatic carbocycles. The molecule has 21 heavy (non-hydrogen) atoms. The lowest BCUT2D eigenvalue weighted by Crippen LogP contribution is -2.39.